The Morgan fingerprint density at radius 2 is 2.05 bits per heavy atom. The second kappa shape index (κ2) is 5.85. The molecule has 4 heteroatoms. The minimum absolute atomic E-state index is 0.208. The summed E-state index contributed by atoms with van der Waals surface area (Å²) in [6, 6.07) is 11.1. The van der Waals surface area contributed by atoms with E-state index in [2.05, 4.69) is 24.1 Å². The number of anilines is 1. The molecule has 1 heterocycles. The molecule has 1 aromatic heterocycles. The van der Waals surface area contributed by atoms with Crippen molar-refractivity contribution in [3.05, 3.63) is 58.9 Å². The standard InChI is InChI=1S/C15H15ClN2O/c1-10(2)11-5-3-6-12(9-11)18-15(19)13-7-4-8-17-14(13)16/h3-10H,1-2H3,(H,18,19). The number of nitrogens with zero attached hydrogens (tertiary/aromatic N) is 1. The Bertz CT molecular complexity index is 596. The van der Waals surface area contributed by atoms with Crippen molar-refractivity contribution in [2.75, 3.05) is 5.32 Å². The maximum absolute atomic E-state index is 12.1. The maximum Gasteiger partial charge on any atom is 0.258 e. The second-order valence-electron chi connectivity index (χ2n) is 4.58. The molecule has 0 aliphatic rings. The SMILES string of the molecule is CC(C)c1cccc(NC(=O)c2cccnc2Cl)c1. The molecule has 0 aliphatic carbocycles. The van der Waals surface area contributed by atoms with Crippen molar-refractivity contribution in [3.8, 4) is 0 Å². The number of halogens is 1. The molecule has 98 valence electrons. The van der Waals surface area contributed by atoms with Gasteiger partial charge in [0.15, 0.2) is 0 Å². The van der Waals surface area contributed by atoms with Gasteiger partial charge in [-0.1, -0.05) is 37.6 Å². The molecule has 0 fully saturated rings. The van der Waals surface area contributed by atoms with Gasteiger partial charge in [0.2, 0.25) is 0 Å². The number of amides is 1. The number of pyridine rings is 1. The summed E-state index contributed by atoms with van der Waals surface area (Å²) in [7, 11) is 0. The Hall–Kier alpha value is -1.87. The van der Waals surface area contributed by atoms with Crippen molar-refractivity contribution in [3.63, 3.8) is 0 Å². The number of carbonyl (C=O) groups is 1. The number of nitrogens with one attached hydrogen (secondary N) is 1. The number of hydrogen-bond acceptors (Lipinski definition) is 2. The van der Waals surface area contributed by atoms with E-state index in [1.807, 2.05) is 24.3 Å². The summed E-state index contributed by atoms with van der Waals surface area (Å²) in [5.74, 6) is 0.165. The molecule has 2 aromatic rings. The molecule has 3 nitrogen and oxygen atoms in total. The van der Waals surface area contributed by atoms with Gasteiger partial charge in [0, 0.05) is 11.9 Å². The lowest BCUT2D eigenvalue weighted by Gasteiger charge is -2.10. The van der Waals surface area contributed by atoms with Crippen LogP contribution in [-0.4, -0.2) is 10.9 Å². The molecule has 1 N–H and O–H groups in total. The van der Waals surface area contributed by atoms with Crippen LogP contribution in [0.2, 0.25) is 5.15 Å². The zero-order valence-corrected chi connectivity index (χ0v) is 11.6. The van der Waals surface area contributed by atoms with Gasteiger partial charge in [0.1, 0.15) is 5.15 Å². The highest BCUT2D eigenvalue weighted by Crippen LogP contribution is 2.20. The van der Waals surface area contributed by atoms with Crippen LogP contribution in [-0.2, 0) is 0 Å². The lowest BCUT2D eigenvalue weighted by Crippen LogP contribution is -2.13. The first-order valence-corrected chi connectivity index (χ1v) is 6.47. The molecule has 19 heavy (non-hydrogen) atoms. The van der Waals surface area contributed by atoms with Crippen molar-refractivity contribution in [2.24, 2.45) is 0 Å². The minimum Gasteiger partial charge on any atom is -0.322 e. The summed E-state index contributed by atoms with van der Waals surface area (Å²) in [5.41, 5.74) is 2.31. The average Bonchev–Trinajstić information content (AvgIpc) is 2.39. The largest absolute Gasteiger partial charge is 0.322 e. The van der Waals surface area contributed by atoms with Crippen molar-refractivity contribution in [1.82, 2.24) is 4.98 Å². The molecule has 0 bridgehead atoms. The van der Waals surface area contributed by atoms with Gasteiger partial charge in [-0.2, -0.15) is 0 Å². The van der Waals surface area contributed by atoms with Crippen LogP contribution in [0.25, 0.3) is 0 Å². The molecule has 2 rings (SSSR count). The van der Waals surface area contributed by atoms with Crippen LogP contribution in [0.1, 0.15) is 35.7 Å². The molecule has 1 amide bonds. The summed E-state index contributed by atoms with van der Waals surface area (Å²) < 4.78 is 0. The van der Waals surface area contributed by atoms with E-state index in [-0.39, 0.29) is 11.1 Å². The van der Waals surface area contributed by atoms with Gasteiger partial charge >= 0.3 is 0 Å². The molecular formula is C15H15ClN2O. The van der Waals surface area contributed by atoms with E-state index in [0.717, 1.165) is 5.69 Å². The first kappa shape index (κ1) is 13.6. The van der Waals surface area contributed by atoms with E-state index in [4.69, 9.17) is 11.6 Å². The van der Waals surface area contributed by atoms with Crippen LogP contribution in [0.3, 0.4) is 0 Å². The Kier molecular flexibility index (Phi) is 4.17. The molecule has 1 aromatic carbocycles. The normalized spacial score (nSPS) is 10.5. The van der Waals surface area contributed by atoms with Gasteiger partial charge in [0.05, 0.1) is 5.56 Å². The smallest absolute Gasteiger partial charge is 0.258 e. The lowest BCUT2D eigenvalue weighted by molar-refractivity contribution is 0.102. The van der Waals surface area contributed by atoms with Crippen molar-refractivity contribution < 1.29 is 4.79 Å². The third-order valence-corrected chi connectivity index (χ3v) is 3.12. The monoisotopic (exact) mass is 274 g/mol. The van der Waals surface area contributed by atoms with E-state index in [1.54, 1.807) is 18.3 Å². The molecule has 0 saturated heterocycles. The predicted molar refractivity (Wildman–Crippen MR) is 77.7 cm³/mol. The molecule has 0 unspecified atom stereocenters. The quantitative estimate of drug-likeness (QED) is 0.856. The van der Waals surface area contributed by atoms with E-state index < -0.39 is 0 Å². The van der Waals surface area contributed by atoms with Crippen LogP contribution >= 0.6 is 11.6 Å². The number of hydrogen-bond donors (Lipinski definition) is 1. The zero-order valence-electron chi connectivity index (χ0n) is 10.9. The zero-order chi connectivity index (χ0) is 13.8. The molecule has 0 radical (unpaired) electrons. The van der Waals surface area contributed by atoms with Gasteiger partial charge in [-0.3, -0.25) is 4.79 Å². The fourth-order valence-electron chi connectivity index (χ4n) is 1.73. The van der Waals surface area contributed by atoms with Gasteiger partial charge in [0.25, 0.3) is 5.91 Å². The first-order valence-electron chi connectivity index (χ1n) is 6.09. The van der Waals surface area contributed by atoms with Crippen LogP contribution in [0, 0.1) is 0 Å². The minimum atomic E-state index is -0.251. The van der Waals surface area contributed by atoms with Gasteiger partial charge in [-0.15, -0.1) is 0 Å². The summed E-state index contributed by atoms with van der Waals surface area (Å²) in [6.45, 7) is 4.22. The number of carbonyl (C=O) groups excluding carboxylic acids is 1. The van der Waals surface area contributed by atoms with E-state index in [9.17, 15) is 4.79 Å². The summed E-state index contributed by atoms with van der Waals surface area (Å²) in [5, 5.41) is 3.04. The van der Waals surface area contributed by atoms with Crippen molar-refractivity contribution >= 4 is 23.2 Å². The highest BCUT2D eigenvalue weighted by Gasteiger charge is 2.11. The summed E-state index contributed by atoms with van der Waals surface area (Å²) >= 11 is 5.90. The lowest BCUT2D eigenvalue weighted by atomic mass is 10.0. The molecule has 0 saturated carbocycles. The van der Waals surface area contributed by atoms with Crippen LogP contribution in [0.5, 0.6) is 0 Å². The third-order valence-electron chi connectivity index (χ3n) is 2.81. The molecular weight excluding hydrogens is 260 g/mol. The highest BCUT2D eigenvalue weighted by atomic mass is 35.5. The number of benzene rings is 1. The highest BCUT2D eigenvalue weighted by molar-refractivity contribution is 6.33. The number of rotatable bonds is 3. The maximum atomic E-state index is 12.1. The van der Waals surface area contributed by atoms with Crippen LogP contribution in [0.4, 0.5) is 5.69 Å². The van der Waals surface area contributed by atoms with Crippen molar-refractivity contribution in [2.45, 2.75) is 19.8 Å². The fraction of sp³-hybridized carbons (Fsp3) is 0.200. The third kappa shape index (κ3) is 3.32. The predicted octanol–water partition coefficient (Wildman–Crippen LogP) is 4.11. The summed E-state index contributed by atoms with van der Waals surface area (Å²) in [4.78, 5) is 16.0. The van der Waals surface area contributed by atoms with E-state index in [1.165, 1.54) is 5.56 Å². The fourth-order valence-corrected chi connectivity index (χ4v) is 1.93. The molecule has 0 atom stereocenters. The first-order chi connectivity index (χ1) is 9.08. The number of aromatic nitrogens is 1. The summed E-state index contributed by atoms with van der Waals surface area (Å²) in [6.07, 6.45) is 1.55. The second-order valence-corrected chi connectivity index (χ2v) is 4.93. The average molecular weight is 275 g/mol. The van der Waals surface area contributed by atoms with Crippen LogP contribution in [0.15, 0.2) is 42.6 Å². The van der Waals surface area contributed by atoms with Gasteiger partial charge < -0.3 is 5.32 Å². The van der Waals surface area contributed by atoms with E-state index >= 15 is 0 Å². The molecule has 0 spiro atoms. The van der Waals surface area contributed by atoms with Crippen molar-refractivity contribution in [1.29, 1.82) is 0 Å². The van der Waals surface area contributed by atoms with Gasteiger partial charge in [-0.05, 0) is 35.7 Å². The van der Waals surface area contributed by atoms with E-state index in [0.29, 0.717) is 11.5 Å². The van der Waals surface area contributed by atoms with Crippen LogP contribution < -0.4 is 5.32 Å². The Labute approximate surface area is 117 Å². The molecule has 0 aliphatic heterocycles. The Morgan fingerprint density at radius 1 is 1.26 bits per heavy atom. The Morgan fingerprint density at radius 3 is 2.74 bits per heavy atom. The van der Waals surface area contributed by atoms with Gasteiger partial charge in [-0.25, -0.2) is 4.98 Å². The topological polar surface area (TPSA) is 42.0 Å². The Balaban J connectivity index is 2.20.